The Bertz CT molecular complexity index is 391. The number of carbonyl (C=O) groups excluding carboxylic acids is 1. The predicted molar refractivity (Wildman–Crippen MR) is 89.2 cm³/mol. The van der Waals surface area contributed by atoms with Crippen molar-refractivity contribution in [1.29, 1.82) is 0 Å². The molecule has 1 aromatic rings. The molecule has 0 saturated heterocycles. The van der Waals surface area contributed by atoms with Crippen LogP contribution in [-0.4, -0.2) is 19.0 Å². The van der Waals surface area contributed by atoms with Crippen molar-refractivity contribution in [3.8, 4) is 0 Å². The summed E-state index contributed by atoms with van der Waals surface area (Å²) in [4.78, 5) is 11.8. The van der Waals surface area contributed by atoms with Gasteiger partial charge in [0.25, 0.3) is 0 Å². The van der Waals surface area contributed by atoms with E-state index in [1.807, 2.05) is 6.07 Å². The Kier molecular flexibility index (Phi) is 8.76. The fourth-order valence-corrected chi connectivity index (χ4v) is 2.59. The van der Waals surface area contributed by atoms with Crippen LogP contribution in [0.3, 0.4) is 0 Å². The lowest BCUT2D eigenvalue weighted by Gasteiger charge is -2.14. The third-order valence-electron chi connectivity index (χ3n) is 4.20. The minimum absolute atomic E-state index is 0.172. The Hall–Kier alpha value is -1.35. The number of benzene rings is 1. The van der Waals surface area contributed by atoms with Gasteiger partial charge >= 0.3 is 0 Å². The van der Waals surface area contributed by atoms with Gasteiger partial charge in [-0.3, -0.25) is 4.79 Å². The van der Waals surface area contributed by atoms with Crippen molar-refractivity contribution in [3.63, 3.8) is 0 Å². The van der Waals surface area contributed by atoms with Crippen LogP contribution in [0.4, 0.5) is 0 Å². The Morgan fingerprint density at radius 1 is 1.19 bits per heavy atom. The van der Waals surface area contributed by atoms with Crippen LogP contribution in [-0.2, 0) is 4.79 Å². The van der Waals surface area contributed by atoms with Crippen LogP contribution in [0.1, 0.15) is 57.4 Å². The minimum Gasteiger partial charge on any atom is -0.356 e. The zero-order valence-corrected chi connectivity index (χ0v) is 13.5. The number of nitrogens with two attached hydrogens (primary N) is 1. The SMILES string of the molecule is CCC(CCN)CCC(=O)NCCC(C)c1ccccc1. The summed E-state index contributed by atoms with van der Waals surface area (Å²) in [5.74, 6) is 1.24. The largest absolute Gasteiger partial charge is 0.356 e. The Morgan fingerprint density at radius 3 is 2.52 bits per heavy atom. The van der Waals surface area contributed by atoms with Crippen molar-refractivity contribution >= 4 is 5.91 Å². The van der Waals surface area contributed by atoms with Gasteiger partial charge in [-0.2, -0.15) is 0 Å². The average molecular weight is 290 g/mol. The fourth-order valence-electron chi connectivity index (χ4n) is 2.59. The Morgan fingerprint density at radius 2 is 1.90 bits per heavy atom. The predicted octanol–water partition coefficient (Wildman–Crippen LogP) is 3.45. The third kappa shape index (κ3) is 7.28. The van der Waals surface area contributed by atoms with Gasteiger partial charge in [0.1, 0.15) is 0 Å². The summed E-state index contributed by atoms with van der Waals surface area (Å²) >= 11 is 0. The highest BCUT2D eigenvalue weighted by Gasteiger charge is 2.09. The molecule has 1 amide bonds. The van der Waals surface area contributed by atoms with Gasteiger partial charge in [0.05, 0.1) is 0 Å². The van der Waals surface area contributed by atoms with Crippen LogP contribution in [0.2, 0.25) is 0 Å². The molecule has 0 saturated carbocycles. The first-order valence-corrected chi connectivity index (χ1v) is 8.19. The van der Waals surface area contributed by atoms with Crippen molar-refractivity contribution in [3.05, 3.63) is 35.9 Å². The molecular weight excluding hydrogens is 260 g/mol. The summed E-state index contributed by atoms with van der Waals surface area (Å²) < 4.78 is 0. The van der Waals surface area contributed by atoms with Crippen molar-refractivity contribution in [2.45, 2.75) is 51.9 Å². The summed E-state index contributed by atoms with van der Waals surface area (Å²) in [5, 5.41) is 3.03. The average Bonchev–Trinajstić information content (AvgIpc) is 2.52. The van der Waals surface area contributed by atoms with E-state index in [0.29, 0.717) is 24.8 Å². The molecule has 3 nitrogen and oxygen atoms in total. The molecule has 0 bridgehead atoms. The number of hydrogen-bond donors (Lipinski definition) is 2. The molecule has 0 aliphatic carbocycles. The zero-order valence-electron chi connectivity index (χ0n) is 13.5. The topological polar surface area (TPSA) is 55.1 Å². The van der Waals surface area contributed by atoms with E-state index in [2.05, 4.69) is 43.4 Å². The molecule has 3 N–H and O–H groups in total. The Balaban J connectivity index is 2.18. The van der Waals surface area contributed by atoms with Crippen molar-refractivity contribution in [2.75, 3.05) is 13.1 Å². The van der Waals surface area contributed by atoms with E-state index in [9.17, 15) is 4.79 Å². The molecule has 0 aliphatic heterocycles. The van der Waals surface area contributed by atoms with Gasteiger partial charge in [-0.25, -0.2) is 0 Å². The molecular formula is C18H30N2O. The fraction of sp³-hybridized carbons (Fsp3) is 0.611. The minimum atomic E-state index is 0.172. The summed E-state index contributed by atoms with van der Waals surface area (Å²) in [5.41, 5.74) is 6.91. The van der Waals surface area contributed by atoms with Gasteiger partial charge in [-0.05, 0) is 43.2 Å². The van der Waals surface area contributed by atoms with E-state index < -0.39 is 0 Å². The van der Waals surface area contributed by atoms with Crippen LogP contribution < -0.4 is 11.1 Å². The molecule has 21 heavy (non-hydrogen) atoms. The van der Waals surface area contributed by atoms with Crippen molar-refractivity contribution < 1.29 is 4.79 Å². The highest BCUT2D eigenvalue weighted by Crippen LogP contribution is 2.18. The second-order valence-corrected chi connectivity index (χ2v) is 5.84. The van der Waals surface area contributed by atoms with E-state index in [1.54, 1.807) is 0 Å². The maximum Gasteiger partial charge on any atom is 0.220 e. The van der Waals surface area contributed by atoms with E-state index in [-0.39, 0.29) is 5.91 Å². The molecule has 118 valence electrons. The van der Waals surface area contributed by atoms with Crippen molar-refractivity contribution in [2.24, 2.45) is 11.7 Å². The highest BCUT2D eigenvalue weighted by atomic mass is 16.1. The normalized spacial score (nSPS) is 13.7. The van der Waals surface area contributed by atoms with Crippen LogP contribution in [0.15, 0.2) is 30.3 Å². The van der Waals surface area contributed by atoms with Crippen LogP contribution in [0, 0.1) is 5.92 Å². The van der Waals surface area contributed by atoms with Crippen LogP contribution in [0.5, 0.6) is 0 Å². The molecule has 0 aliphatic rings. The van der Waals surface area contributed by atoms with E-state index in [4.69, 9.17) is 5.73 Å². The number of carbonyl (C=O) groups is 1. The maximum absolute atomic E-state index is 11.8. The first kappa shape index (κ1) is 17.7. The lowest BCUT2D eigenvalue weighted by atomic mass is 9.96. The maximum atomic E-state index is 11.8. The number of amides is 1. The Labute approximate surface area is 129 Å². The summed E-state index contributed by atoms with van der Waals surface area (Å²) in [6, 6.07) is 10.4. The third-order valence-corrected chi connectivity index (χ3v) is 4.20. The zero-order chi connectivity index (χ0) is 15.5. The van der Waals surface area contributed by atoms with E-state index >= 15 is 0 Å². The van der Waals surface area contributed by atoms with E-state index in [1.165, 1.54) is 5.56 Å². The summed E-state index contributed by atoms with van der Waals surface area (Å²) in [6.45, 7) is 5.84. The van der Waals surface area contributed by atoms with Gasteiger partial charge in [0, 0.05) is 13.0 Å². The quantitative estimate of drug-likeness (QED) is 0.693. The number of nitrogens with one attached hydrogen (secondary N) is 1. The van der Waals surface area contributed by atoms with Gasteiger partial charge in [-0.1, -0.05) is 50.6 Å². The number of hydrogen-bond acceptors (Lipinski definition) is 2. The molecule has 0 aromatic heterocycles. The molecule has 0 heterocycles. The standard InChI is InChI=1S/C18H30N2O/c1-3-16(11-13-19)9-10-18(21)20-14-12-15(2)17-7-5-4-6-8-17/h4-8,15-16H,3,9-14,19H2,1-2H3,(H,20,21). The van der Waals surface area contributed by atoms with Crippen LogP contribution in [0.25, 0.3) is 0 Å². The lowest BCUT2D eigenvalue weighted by Crippen LogP contribution is -2.25. The van der Waals surface area contributed by atoms with Crippen LogP contribution >= 0.6 is 0 Å². The molecule has 2 unspecified atom stereocenters. The molecule has 0 spiro atoms. The second-order valence-electron chi connectivity index (χ2n) is 5.84. The first-order valence-electron chi connectivity index (χ1n) is 8.19. The number of rotatable bonds is 10. The first-order chi connectivity index (χ1) is 10.2. The highest BCUT2D eigenvalue weighted by molar-refractivity contribution is 5.75. The van der Waals surface area contributed by atoms with Gasteiger partial charge in [0.15, 0.2) is 0 Å². The molecule has 0 fully saturated rings. The van der Waals surface area contributed by atoms with Gasteiger partial charge in [0.2, 0.25) is 5.91 Å². The monoisotopic (exact) mass is 290 g/mol. The molecule has 3 heteroatoms. The van der Waals surface area contributed by atoms with E-state index in [0.717, 1.165) is 32.2 Å². The second kappa shape index (κ2) is 10.4. The summed E-state index contributed by atoms with van der Waals surface area (Å²) in [7, 11) is 0. The molecule has 1 aromatic carbocycles. The molecule has 1 rings (SSSR count). The molecule has 0 radical (unpaired) electrons. The molecule has 2 atom stereocenters. The smallest absolute Gasteiger partial charge is 0.220 e. The van der Waals surface area contributed by atoms with Gasteiger partial charge < -0.3 is 11.1 Å². The lowest BCUT2D eigenvalue weighted by molar-refractivity contribution is -0.121. The van der Waals surface area contributed by atoms with Crippen molar-refractivity contribution in [1.82, 2.24) is 5.32 Å². The summed E-state index contributed by atoms with van der Waals surface area (Å²) in [6.07, 6.45) is 4.69. The van der Waals surface area contributed by atoms with Gasteiger partial charge in [-0.15, -0.1) is 0 Å².